The molecule has 88 valence electrons. The topological polar surface area (TPSA) is 15.3 Å². The summed E-state index contributed by atoms with van der Waals surface area (Å²) in [5.41, 5.74) is 2.98. The highest BCUT2D eigenvalue weighted by Gasteiger charge is 2.21. The summed E-state index contributed by atoms with van der Waals surface area (Å²) in [7, 11) is 4.22. The first-order chi connectivity index (χ1) is 7.66. The number of nitrogens with zero attached hydrogens (tertiary/aromatic N) is 1. The number of fused-ring (bicyclic) bond motifs is 1. The number of benzene rings is 1. The number of halogens is 1. The number of hydrogen-bond donors (Lipinski definition) is 1. The third kappa shape index (κ3) is 2.84. The van der Waals surface area contributed by atoms with Gasteiger partial charge in [0, 0.05) is 23.6 Å². The molecule has 0 spiro atoms. The SMILES string of the molecule is CN(C)CCNC1CCc2cc(Br)ccc21. The van der Waals surface area contributed by atoms with Crippen molar-refractivity contribution in [2.24, 2.45) is 0 Å². The fourth-order valence-electron chi connectivity index (χ4n) is 2.26. The molecule has 0 saturated carbocycles. The molecule has 1 unspecified atom stereocenters. The lowest BCUT2D eigenvalue weighted by Crippen LogP contribution is -2.28. The predicted molar refractivity (Wildman–Crippen MR) is 71.8 cm³/mol. The van der Waals surface area contributed by atoms with Gasteiger partial charge in [0.15, 0.2) is 0 Å². The minimum absolute atomic E-state index is 0.558. The van der Waals surface area contributed by atoms with Gasteiger partial charge in [0.05, 0.1) is 0 Å². The Morgan fingerprint density at radius 2 is 2.25 bits per heavy atom. The zero-order valence-electron chi connectivity index (χ0n) is 9.96. The summed E-state index contributed by atoms with van der Waals surface area (Å²) in [6, 6.07) is 7.20. The molecule has 1 N–H and O–H groups in total. The number of likely N-dealkylation sites (N-methyl/N-ethyl adjacent to an activating group) is 1. The van der Waals surface area contributed by atoms with Gasteiger partial charge in [-0.2, -0.15) is 0 Å². The molecule has 16 heavy (non-hydrogen) atoms. The first-order valence-electron chi connectivity index (χ1n) is 5.83. The van der Waals surface area contributed by atoms with E-state index in [9.17, 15) is 0 Å². The molecule has 0 bridgehead atoms. The third-order valence-electron chi connectivity index (χ3n) is 3.13. The molecular weight excluding hydrogens is 264 g/mol. The van der Waals surface area contributed by atoms with E-state index in [0.717, 1.165) is 13.1 Å². The van der Waals surface area contributed by atoms with E-state index in [1.807, 2.05) is 0 Å². The second-order valence-electron chi connectivity index (χ2n) is 4.69. The fourth-order valence-corrected chi connectivity index (χ4v) is 2.67. The molecule has 1 aromatic rings. The highest BCUT2D eigenvalue weighted by molar-refractivity contribution is 9.10. The number of rotatable bonds is 4. The smallest absolute Gasteiger partial charge is 0.0326 e. The standard InChI is InChI=1S/C13H19BrN2/c1-16(2)8-7-15-13-6-3-10-9-11(14)4-5-12(10)13/h4-5,9,13,15H,3,6-8H2,1-2H3. The molecule has 0 aromatic heterocycles. The minimum Gasteiger partial charge on any atom is -0.309 e. The van der Waals surface area contributed by atoms with Crippen molar-refractivity contribution in [2.45, 2.75) is 18.9 Å². The van der Waals surface area contributed by atoms with Crippen LogP contribution >= 0.6 is 15.9 Å². The van der Waals surface area contributed by atoms with Crippen LogP contribution in [-0.4, -0.2) is 32.1 Å². The van der Waals surface area contributed by atoms with Gasteiger partial charge in [-0.15, -0.1) is 0 Å². The molecule has 3 heteroatoms. The van der Waals surface area contributed by atoms with E-state index in [0.29, 0.717) is 6.04 Å². The molecule has 1 aliphatic carbocycles. The lowest BCUT2D eigenvalue weighted by atomic mass is 10.1. The number of hydrogen-bond acceptors (Lipinski definition) is 2. The van der Waals surface area contributed by atoms with E-state index >= 15 is 0 Å². The Kier molecular flexibility index (Phi) is 4.00. The van der Waals surface area contributed by atoms with E-state index in [4.69, 9.17) is 0 Å². The van der Waals surface area contributed by atoms with Crippen LogP contribution in [-0.2, 0) is 6.42 Å². The predicted octanol–water partition coefficient (Wildman–Crippen LogP) is 2.59. The molecule has 0 amide bonds. The zero-order valence-corrected chi connectivity index (χ0v) is 11.5. The van der Waals surface area contributed by atoms with Crippen LogP contribution in [0.25, 0.3) is 0 Å². The summed E-state index contributed by atoms with van der Waals surface area (Å²) in [6.07, 6.45) is 2.44. The van der Waals surface area contributed by atoms with Gasteiger partial charge in [0.1, 0.15) is 0 Å². The van der Waals surface area contributed by atoms with Crippen molar-refractivity contribution in [3.05, 3.63) is 33.8 Å². The number of aryl methyl sites for hydroxylation is 1. The Labute approximate surface area is 106 Å². The Balaban J connectivity index is 1.95. The van der Waals surface area contributed by atoms with Gasteiger partial charge in [-0.3, -0.25) is 0 Å². The first-order valence-corrected chi connectivity index (χ1v) is 6.62. The maximum Gasteiger partial charge on any atom is 0.0326 e. The summed E-state index contributed by atoms with van der Waals surface area (Å²) in [6.45, 7) is 2.16. The van der Waals surface area contributed by atoms with Crippen molar-refractivity contribution in [3.63, 3.8) is 0 Å². The van der Waals surface area contributed by atoms with Crippen molar-refractivity contribution in [2.75, 3.05) is 27.2 Å². The van der Waals surface area contributed by atoms with Crippen LogP contribution in [0, 0.1) is 0 Å². The molecule has 0 saturated heterocycles. The van der Waals surface area contributed by atoms with Gasteiger partial charge in [0.25, 0.3) is 0 Å². The van der Waals surface area contributed by atoms with Crippen LogP contribution in [0.3, 0.4) is 0 Å². The molecule has 0 heterocycles. The van der Waals surface area contributed by atoms with Gasteiger partial charge in [-0.05, 0) is 50.2 Å². The highest BCUT2D eigenvalue weighted by Crippen LogP contribution is 2.32. The zero-order chi connectivity index (χ0) is 11.5. The van der Waals surface area contributed by atoms with E-state index in [1.54, 1.807) is 0 Å². The average molecular weight is 283 g/mol. The maximum absolute atomic E-state index is 3.63. The molecule has 0 aliphatic heterocycles. The van der Waals surface area contributed by atoms with Gasteiger partial charge in [0.2, 0.25) is 0 Å². The van der Waals surface area contributed by atoms with Crippen LogP contribution in [0.5, 0.6) is 0 Å². The fraction of sp³-hybridized carbons (Fsp3) is 0.538. The summed E-state index contributed by atoms with van der Waals surface area (Å²) in [5, 5.41) is 3.63. The average Bonchev–Trinajstić information content (AvgIpc) is 2.60. The van der Waals surface area contributed by atoms with Crippen molar-refractivity contribution < 1.29 is 0 Å². The van der Waals surface area contributed by atoms with Gasteiger partial charge < -0.3 is 10.2 Å². The minimum atomic E-state index is 0.558. The summed E-state index contributed by atoms with van der Waals surface area (Å²) < 4.78 is 1.19. The van der Waals surface area contributed by atoms with Crippen LogP contribution in [0.4, 0.5) is 0 Å². The summed E-state index contributed by atoms with van der Waals surface area (Å²) in [4.78, 5) is 2.21. The van der Waals surface area contributed by atoms with E-state index in [-0.39, 0.29) is 0 Å². The quantitative estimate of drug-likeness (QED) is 0.913. The Morgan fingerprint density at radius 1 is 1.44 bits per heavy atom. The van der Waals surface area contributed by atoms with E-state index in [2.05, 4.69) is 58.4 Å². The second-order valence-corrected chi connectivity index (χ2v) is 5.61. The van der Waals surface area contributed by atoms with Crippen LogP contribution in [0.15, 0.2) is 22.7 Å². The molecule has 1 aliphatic rings. The lowest BCUT2D eigenvalue weighted by molar-refractivity contribution is 0.384. The Hall–Kier alpha value is -0.380. The summed E-state index contributed by atoms with van der Waals surface area (Å²) in [5.74, 6) is 0. The monoisotopic (exact) mass is 282 g/mol. The highest BCUT2D eigenvalue weighted by atomic mass is 79.9. The maximum atomic E-state index is 3.63. The Morgan fingerprint density at radius 3 is 3.00 bits per heavy atom. The van der Waals surface area contributed by atoms with Crippen LogP contribution < -0.4 is 5.32 Å². The molecular formula is C13H19BrN2. The van der Waals surface area contributed by atoms with E-state index < -0.39 is 0 Å². The van der Waals surface area contributed by atoms with Gasteiger partial charge in [-0.25, -0.2) is 0 Å². The van der Waals surface area contributed by atoms with Crippen molar-refractivity contribution >= 4 is 15.9 Å². The van der Waals surface area contributed by atoms with Crippen LogP contribution in [0.1, 0.15) is 23.6 Å². The second kappa shape index (κ2) is 5.30. The molecule has 1 aromatic carbocycles. The van der Waals surface area contributed by atoms with Crippen molar-refractivity contribution in [1.29, 1.82) is 0 Å². The van der Waals surface area contributed by atoms with Crippen molar-refractivity contribution in [3.8, 4) is 0 Å². The van der Waals surface area contributed by atoms with Gasteiger partial charge >= 0.3 is 0 Å². The first kappa shape index (κ1) is 12.1. The van der Waals surface area contributed by atoms with Crippen molar-refractivity contribution in [1.82, 2.24) is 10.2 Å². The molecule has 0 radical (unpaired) electrons. The van der Waals surface area contributed by atoms with Crippen LogP contribution in [0.2, 0.25) is 0 Å². The largest absolute Gasteiger partial charge is 0.309 e. The molecule has 2 rings (SSSR count). The lowest BCUT2D eigenvalue weighted by Gasteiger charge is -2.16. The normalized spacial score (nSPS) is 19.1. The molecule has 2 nitrogen and oxygen atoms in total. The number of nitrogens with one attached hydrogen (secondary N) is 1. The van der Waals surface area contributed by atoms with Gasteiger partial charge in [-0.1, -0.05) is 22.0 Å². The Bertz CT molecular complexity index is 363. The molecule has 0 fully saturated rings. The third-order valence-corrected chi connectivity index (χ3v) is 3.63. The van der Waals surface area contributed by atoms with E-state index in [1.165, 1.54) is 28.4 Å². The molecule has 1 atom stereocenters. The summed E-state index contributed by atoms with van der Waals surface area (Å²) >= 11 is 3.53.